The van der Waals surface area contributed by atoms with E-state index in [1.54, 1.807) is 17.3 Å². The van der Waals surface area contributed by atoms with Crippen LogP contribution in [0.4, 0.5) is 17.2 Å². The Labute approximate surface area is 337 Å². The summed E-state index contributed by atoms with van der Waals surface area (Å²) in [6.45, 7) is 3.81. The number of piperazine rings is 1. The molecular weight excluding hydrogens is 759 g/mol. The first-order chi connectivity index (χ1) is 28.6. The fourth-order valence-electron chi connectivity index (χ4n) is 7.95. The van der Waals surface area contributed by atoms with Gasteiger partial charge in [0.15, 0.2) is 23.6 Å². The Bertz CT molecular complexity index is 2530. The monoisotopic (exact) mass is 797 g/mol. The highest BCUT2D eigenvalue weighted by atomic mass is 16.5. The van der Waals surface area contributed by atoms with Crippen LogP contribution in [0, 0.1) is 6.92 Å². The number of carbonyl (C=O) groups is 6. The Hall–Kier alpha value is -7.24. The van der Waals surface area contributed by atoms with Gasteiger partial charge in [0.1, 0.15) is 23.8 Å². The molecular formula is C41H39N11O7. The van der Waals surface area contributed by atoms with E-state index >= 15 is 0 Å². The van der Waals surface area contributed by atoms with Crippen molar-refractivity contribution in [2.45, 2.75) is 50.7 Å². The van der Waals surface area contributed by atoms with Crippen LogP contribution in [-0.2, 0) is 14.4 Å². The van der Waals surface area contributed by atoms with E-state index in [2.05, 4.69) is 40.8 Å². The molecule has 1 aliphatic carbocycles. The summed E-state index contributed by atoms with van der Waals surface area (Å²) in [7, 11) is 0. The number of nitrogens with one attached hydrogen (secondary N) is 3. The van der Waals surface area contributed by atoms with Gasteiger partial charge < -0.3 is 29.7 Å². The lowest BCUT2D eigenvalue weighted by atomic mass is 9.86. The Morgan fingerprint density at radius 1 is 0.898 bits per heavy atom. The second-order valence-electron chi connectivity index (χ2n) is 15.0. The predicted octanol–water partition coefficient (Wildman–Crippen LogP) is 2.54. The van der Waals surface area contributed by atoms with Gasteiger partial charge in [-0.25, -0.2) is 19.9 Å². The highest BCUT2D eigenvalue weighted by Crippen LogP contribution is 2.36. The molecule has 3 aromatic heterocycles. The molecule has 0 radical (unpaired) electrons. The fourth-order valence-corrected chi connectivity index (χ4v) is 7.95. The molecule has 2 saturated heterocycles. The zero-order valence-corrected chi connectivity index (χ0v) is 32.0. The Morgan fingerprint density at radius 3 is 2.44 bits per heavy atom. The average molecular weight is 798 g/mol. The van der Waals surface area contributed by atoms with Crippen molar-refractivity contribution in [3.05, 3.63) is 95.8 Å². The number of pyridine rings is 1. The molecule has 3 aliphatic heterocycles. The summed E-state index contributed by atoms with van der Waals surface area (Å²) in [5.74, 6) is -1.93. The highest BCUT2D eigenvalue weighted by Gasteiger charge is 2.45. The van der Waals surface area contributed by atoms with Crippen LogP contribution in [0.25, 0.3) is 11.2 Å². The van der Waals surface area contributed by atoms with Crippen molar-refractivity contribution in [2.75, 3.05) is 43.0 Å². The average Bonchev–Trinajstić information content (AvgIpc) is 3.76. The maximum Gasteiger partial charge on any atom is 0.270 e. The first-order valence-corrected chi connectivity index (χ1v) is 19.4. The largest absolute Gasteiger partial charge is 0.484 e. The van der Waals surface area contributed by atoms with E-state index in [0.717, 1.165) is 34.8 Å². The maximum absolute atomic E-state index is 13.2. The number of anilines is 3. The van der Waals surface area contributed by atoms with Crippen LogP contribution in [0.15, 0.2) is 73.3 Å². The summed E-state index contributed by atoms with van der Waals surface area (Å²) in [6, 6.07) is 16.8. The molecule has 0 bridgehead atoms. The van der Waals surface area contributed by atoms with E-state index < -0.39 is 29.7 Å². The number of rotatable bonds is 10. The van der Waals surface area contributed by atoms with Gasteiger partial charge in [0.05, 0.1) is 17.5 Å². The van der Waals surface area contributed by atoms with E-state index in [0.29, 0.717) is 48.9 Å². The zero-order valence-electron chi connectivity index (χ0n) is 32.0. The van der Waals surface area contributed by atoms with E-state index in [1.165, 1.54) is 24.5 Å². The Kier molecular flexibility index (Phi) is 9.66. The number of aromatic nitrogens is 5. The number of imide groups is 2. The molecule has 3 fully saturated rings. The number of piperidine rings is 1. The van der Waals surface area contributed by atoms with E-state index in [-0.39, 0.29) is 60.2 Å². The molecule has 3 N–H and O–H groups in total. The van der Waals surface area contributed by atoms with E-state index in [4.69, 9.17) is 4.74 Å². The van der Waals surface area contributed by atoms with E-state index in [9.17, 15) is 28.8 Å². The Morgan fingerprint density at radius 2 is 1.68 bits per heavy atom. The SMILES string of the molecule is Cc1cccc(C(=O)NC2CC(n3cnc4c(Nc5ccc(N6CCN(C(=O)COc7ccc8c(c7)C(=O)N([C@H]7CCC(=O)NC7=O)C8=O)CC6)cc5)ncnc43)C2)n1. The van der Waals surface area contributed by atoms with Gasteiger partial charge in [-0.2, -0.15) is 0 Å². The van der Waals surface area contributed by atoms with Crippen LogP contribution >= 0.6 is 0 Å². The van der Waals surface area contributed by atoms with Crippen molar-refractivity contribution in [3.8, 4) is 5.75 Å². The van der Waals surface area contributed by atoms with Crippen LogP contribution in [0.3, 0.4) is 0 Å². The molecule has 300 valence electrons. The molecule has 0 unspecified atom stereocenters. The van der Waals surface area contributed by atoms with Gasteiger partial charge in [0.2, 0.25) is 11.8 Å². The number of hydrogen-bond donors (Lipinski definition) is 3. The number of aryl methyl sites for hydroxylation is 1. The van der Waals surface area contributed by atoms with Crippen LogP contribution in [0.1, 0.15) is 68.6 Å². The molecule has 6 amide bonds. The second-order valence-corrected chi connectivity index (χ2v) is 15.0. The predicted molar refractivity (Wildman–Crippen MR) is 211 cm³/mol. The zero-order chi connectivity index (χ0) is 40.8. The summed E-state index contributed by atoms with van der Waals surface area (Å²) in [5.41, 5.74) is 4.62. The quantitative estimate of drug-likeness (QED) is 0.174. The number of fused-ring (bicyclic) bond motifs is 2. The second kappa shape index (κ2) is 15.3. The van der Waals surface area contributed by atoms with Gasteiger partial charge in [-0.15, -0.1) is 0 Å². The smallest absolute Gasteiger partial charge is 0.270 e. The highest BCUT2D eigenvalue weighted by molar-refractivity contribution is 6.23. The van der Waals surface area contributed by atoms with Crippen LogP contribution in [0.2, 0.25) is 0 Å². The van der Waals surface area contributed by atoms with Gasteiger partial charge in [-0.1, -0.05) is 6.07 Å². The van der Waals surface area contributed by atoms with Crippen molar-refractivity contribution in [3.63, 3.8) is 0 Å². The molecule has 1 saturated carbocycles. The molecule has 18 nitrogen and oxygen atoms in total. The third kappa shape index (κ3) is 7.28. The number of nitrogens with zero attached hydrogens (tertiary/aromatic N) is 8. The summed E-state index contributed by atoms with van der Waals surface area (Å²) < 4.78 is 7.79. The number of benzene rings is 2. The molecule has 1 atom stereocenters. The summed E-state index contributed by atoms with van der Waals surface area (Å²) in [4.78, 5) is 98.5. The van der Waals surface area contributed by atoms with Crippen molar-refractivity contribution in [1.82, 2.24) is 44.9 Å². The molecule has 9 rings (SSSR count). The van der Waals surface area contributed by atoms with Gasteiger partial charge in [0.25, 0.3) is 23.6 Å². The van der Waals surface area contributed by atoms with Crippen LogP contribution < -0.4 is 25.6 Å². The molecule has 0 spiro atoms. The molecule has 59 heavy (non-hydrogen) atoms. The van der Waals surface area contributed by atoms with Crippen molar-refractivity contribution in [1.29, 1.82) is 0 Å². The van der Waals surface area contributed by atoms with Gasteiger partial charge in [0, 0.05) is 61.8 Å². The lowest BCUT2D eigenvalue weighted by molar-refractivity contribution is -0.136. The number of ether oxygens (including phenoxy) is 1. The topological polar surface area (TPSA) is 214 Å². The number of hydrogen-bond acceptors (Lipinski definition) is 13. The van der Waals surface area contributed by atoms with Gasteiger partial charge in [-0.05, 0) is 80.8 Å². The number of amides is 6. The third-order valence-corrected chi connectivity index (χ3v) is 11.2. The van der Waals surface area contributed by atoms with Crippen molar-refractivity contribution in [2.24, 2.45) is 0 Å². The number of imidazole rings is 1. The lowest BCUT2D eigenvalue weighted by Gasteiger charge is -2.36. The number of carbonyl (C=O) groups excluding carboxylic acids is 6. The van der Waals surface area contributed by atoms with Gasteiger partial charge >= 0.3 is 0 Å². The standard InChI is InChI=1S/C41H39N11O7/c1-23-3-2-4-31(45-23)38(55)47-25-17-27(18-25)51-22-44-35-36(42-21-43-37(35)51)46-24-5-7-26(8-6-24)49-13-15-50(16-14-49)34(54)20-59-28-9-10-29-30(19-28)41(58)52(40(29)57)32-11-12-33(53)48-39(32)56/h2-10,19,21-22,25,27,32H,11-18,20H2,1H3,(H,47,55)(H,42,43,46)(H,48,53,56)/t25?,27?,32-/m0/s1. The molecule has 5 aromatic rings. The summed E-state index contributed by atoms with van der Waals surface area (Å²) in [6.07, 6.45) is 4.89. The first-order valence-electron chi connectivity index (χ1n) is 19.4. The minimum atomic E-state index is -1.06. The molecule has 6 heterocycles. The van der Waals surface area contributed by atoms with Crippen LogP contribution in [-0.4, -0.2) is 115 Å². The normalized spacial score (nSPS) is 20.3. The van der Waals surface area contributed by atoms with Gasteiger partial charge in [-0.3, -0.25) is 39.0 Å². The summed E-state index contributed by atoms with van der Waals surface area (Å²) >= 11 is 0. The fraction of sp³-hybridized carbons (Fsp3) is 0.317. The van der Waals surface area contributed by atoms with Crippen molar-refractivity contribution >= 4 is 63.8 Å². The summed E-state index contributed by atoms with van der Waals surface area (Å²) in [5, 5.41) is 8.62. The van der Waals surface area contributed by atoms with Crippen LogP contribution in [0.5, 0.6) is 5.75 Å². The molecule has 4 aliphatic rings. The van der Waals surface area contributed by atoms with E-state index in [1.807, 2.05) is 47.9 Å². The lowest BCUT2D eigenvalue weighted by Crippen LogP contribution is -2.54. The third-order valence-electron chi connectivity index (χ3n) is 11.2. The van der Waals surface area contributed by atoms with Crippen molar-refractivity contribution < 1.29 is 33.5 Å². The first kappa shape index (κ1) is 37.3. The minimum Gasteiger partial charge on any atom is -0.484 e. The molecule has 2 aromatic carbocycles. The molecule has 18 heteroatoms. The Balaban J connectivity index is 0.750. The maximum atomic E-state index is 13.2. The minimum absolute atomic E-state index is 0.0307.